The van der Waals surface area contributed by atoms with Gasteiger partial charge in [0, 0.05) is 23.8 Å². The van der Waals surface area contributed by atoms with Crippen molar-refractivity contribution in [1.29, 1.82) is 0 Å². The van der Waals surface area contributed by atoms with Gasteiger partial charge in [-0.1, -0.05) is 18.3 Å². The van der Waals surface area contributed by atoms with Crippen LogP contribution in [0.15, 0.2) is 73.1 Å². The Balaban J connectivity index is 2.05. The Morgan fingerprint density at radius 1 is 0.889 bits per heavy atom. The number of benzene rings is 2. The second-order valence-electron chi connectivity index (χ2n) is 5.57. The summed E-state index contributed by atoms with van der Waals surface area (Å²) in [5.74, 6) is -2.22. The quantitative estimate of drug-likeness (QED) is 0.295. The predicted molar refractivity (Wildman–Crippen MR) is 101 cm³/mol. The number of pyridine rings is 1. The number of thiocarbonyl (C=S) groups is 1. The van der Waals surface area contributed by atoms with Crippen LogP contribution in [0.25, 0.3) is 11.5 Å². The van der Waals surface area contributed by atoms with Gasteiger partial charge >= 0.3 is 0 Å². The zero-order valence-electron chi connectivity index (χ0n) is 13.9. The molecule has 1 aromatic heterocycles. The zero-order valence-corrected chi connectivity index (χ0v) is 14.7. The van der Waals surface area contributed by atoms with Crippen LogP contribution < -0.4 is 9.88 Å². The first-order valence-corrected chi connectivity index (χ1v) is 8.29. The van der Waals surface area contributed by atoms with Crippen LogP contribution >= 0.6 is 12.2 Å². The lowest BCUT2D eigenvalue weighted by atomic mass is 10.1. The van der Waals surface area contributed by atoms with Crippen molar-refractivity contribution < 1.29 is 22.8 Å². The van der Waals surface area contributed by atoms with Gasteiger partial charge in [0.15, 0.2) is 23.1 Å². The fraction of sp³-hybridized carbons (Fsp3) is 0. The Labute approximate surface area is 159 Å². The Morgan fingerprint density at radius 3 is 2.15 bits per heavy atom. The number of hydrogen-bond donors (Lipinski definition) is 2. The molecule has 0 radical (unpaired) electrons. The van der Waals surface area contributed by atoms with E-state index in [0.717, 1.165) is 12.1 Å². The molecule has 2 N–H and O–H groups in total. The molecular formula is C20H14F3N2OS+. The molecule has 0 aliphatic rings. The van der Waals surface area contributed by atoms with Crippen molar-refractivity contribution in [2.45, 2.75) is 0 Å². The highest BCUT2D eigenvalue weighted by Gasteiger charge is 2.24. The second kappa shape index (κ2) is 8.01. The Kier molecular flexibility index (Phi) is 5.52. The number of rotatable bonds is 4. The molecule has 3 nitrogen and oxygen atoms in total. The van der Waals surface area contributed by atoms with Crippen molar-refractivity contribution in [2.75, 3.05) is 5.32 Å². The molecule has 0 aliphatic carbocycles. The van der Waals surface area contributed by atoms with E-state index in [2.05, 4.69) is 5.32 Å². The third kappa shape index (κ3) is 4.32. The van der Waals surface area contributed by atoms with Crippen LogP contribution in [0, 0.1) is 17.5 Å². The zero-order chi connectivity index (χ0) is 19.4. The molecule has 3 aromatic rings. The van der Waals surface area contributed by atoms with Gasteiger partial charge in [-0.3, -0.25) is 0 Å². The Hall–Kier alpha value is -3.19. The third-order valence-corrected chi connectivity index (χ3v) is 4.01. The fourth-order valence-corrected chi connectivity index (χ4v) is 2.72. The van der Waals surface area contributed by atoms with E-state index in [1.165, 1.54) is 34.9 Å². The summed E-state index contributed by atoms with van der Waals surface area (Å²) in [7, 11) is 0. The molecule has 0 bridgehead atoms. The van der Waals surface area contributed by atoms with Gasteiger partial charge in [-0.25, -0.2) is 13.2 Å². The highest BCUT2D eigenvalue weighted by atomic mass is 32.1. The molecule has 136 valence electrons. The van der Waals surface area contributed by atoms with E-state index >= 15 is 0 Å². The minimum atomic E-state index is -0.823. The molecule has 0 fully saturated rings. The number of nitrogens with zero attached hydrogens (tertiary/aromatic N) is 1. The number of aliphatic hydroxyl groups excluding tert-OH is 1. The summed E-state index contributed by atoms with van der Waals surface area (Å²) in [6, 6.07) is 13.4. The maximum Gasteiger partial charge on any atom is 0.288 e. The summed E-state index contributed by atoms with van der Waals surface area (Å²) >= 11 is 5.35. The molecule has 0 saturated carbocycles. The van der Waals surface area contributed by atoms with Crippen LogP contribution in [0.3, 0.4) is 0 Å². The van der Waals surface area contributed by atoms with Crippen LogP contribution in [0.2, 0.25) is 0 Å². The Morgan fingerprint density at radius 2 is 1.52 bits per heavy atom. The standard InChI is InChI=1S/C20H13F3N2OS/c21-14-6-4-13(5-7-14)19(26)18(25-10-2-1-3-11-25)20(27)24-17-9-8-15(22)12-16(17)23/h1-12H,(H-,24,26,27)/p+1. The first-order chi connectivity index (χ1) is 13.0. The monoisotopic (exact) mass is 387 g/mol. The van der Waals surface area contributed by atoms with E-state index in [0.29, 0.717) is 5.56 Å². The summed E-state index contributed by atoms with van der Waals surface area (Å²) in [5, 5.41) is 13.4. The van der Waals surface area contributed by atoms with Crippen LogP contribution in [0.5, 0.6) is 0 Å². The van der Waals surface area contributed by atoms with Gasteiger partial charge in [-0.15, -0.1) is 0 Å². The van der Waals surface area contributed by atoms with Crippen LogP contribution in [-0.2, 0) is 0 Å². The lowest BCUT2D eigenvalue weighted by Crippen LogP contribution is -2.38. The van der Waals surface area contributed by atoms with E-state index in [1.54, 1.807) is 30.6 Å². The van der Waals surface area contributed by atoms with E-state index in [4.69, 9.17) is 12.2 Å². The minimum absolute atomic E-state index is 0.00136. The van der Waals surface area contributed by atoms with Gasteiger partial charge in [0.2, 0.25) is 0 Å². The van der Waals surface area contributed by atoms with Crippen LogP contribution in [0.1, 0.15) is 5.56 Å². The third-order valence-electron chi connectivity index (χ3n) is 3.71. The molecule has 0 aliphatic heterocycles. The number of nitrogens with one attached hydrogen (secondary N) is 1. The average Bonchev–Trinajstić information content (AvgIpc) is 2.65. The van der Waals surface area contributed by atoms with E-state index < -0.39 is 17.5 Å². The van der Waals surface area contributed by atoms with Crippen molar-refractivity contribution in [3.8, 4) is 0 Å². The SMILES string of the molecule is OC(=C(C(=S)Nc1ccc(F)cc1F)[n+]1ccccc1)c1ccc(F)cc1. The summed E-state index contributed by atoms with van der Waals surface area (Å²) in [6.45, 7) is 0. The van der Waals surface area contributed by atoms with E-state index in [-0.39, 0.29) is 22.1 Å². The van der Waals surface area contributed by atoms with Gasteiger partial charge in [0.1, 0.15) is 17.5 Å². The van der Waals surface area contributed by atoms with Gasteiger partial charge in [-0.2, -0.15) is 4.57 Å². The molecule has 0 spiro atoms. The molecule has 7 heteroatoms. The maximum atomic E-state index is 14.0. The first kappa shape index (κ1) is 18.6. The Bertz CT molecular complexity index is 1010. The van der Waals surface area contributed by atoms with Gasteiger partial charge in [0.25, 0.3) is 5.70 Å². The van der Waals surface area contributed by atoms with Gasteiger partial charge in [-0.05, 0) is 36.4 Å². The fourth-order valence-electron chi connectivity index (χ4n) is 2.41. The first-order valence-electron chi connectivity index (χ1n) is 7.88. The topological polar surface area (TPSA) is 36.1 Å². The second-order valence-corrected chi connectivity index (χ2v) is 5.97. The highest BCUT2D eigenvalue weighted by Crippen LogP contribution is 2.21. The number of aromatic nitrogens is 1. The smallest absolute Gasteiger partial charge is 0.288 e. The summed E-state index contributed by atoms with van der Waals surface area (Å²) in [6.07, 6.45) is 3.29. The lowest BCUT2D eigenvalue weighted by Gasteiger charge is -2.11. The molecule has 27 heavy (non-hydrogen) atoms. The average molecular weight is 387 g/mol. The number of halogens is 3. The van der Waals surface area contributed by atoms with Crippen molar-refractivity contribution in [3.05, 3.63) is 96.1 Å². The molecular weight excluding hydrogens is 373 g/mol. The molecule has 0 atom stereocenters. The van der Waals surface area contributed by atoms with E-state index in [1.807, 2.05) is 0 Å². The highest BCUT2D eigenvalue weighted by molar-refractivity contribution is 7.81. The summed E-state index contributed by atoms with van der Waals surface area (Å²) in [4.78, 5) is -0.00136. The van der Waals surface area contributed by atoms with Crippen LogP contribution in [-0.4, -0.2) is 10.1 Å². The summed E-state index contributed by atoms with van der Waals surface area (Å²) in [5.41, 5.74) is 0.440. The maximum absolute atomic E-state index is 14.0. The summed E-state index contributed by atoms with van der Waals surface area (Å²) < 4.78 is 41.8. The lowest BCUT2D eigenvalue weighted by molar-refractivity contribution is -0.575. The molecule has 0 unspecified atom stereocenters. The number of aliphatic hydroxyl groups is 1. The molecule has 2 aromatic carbocycles. The molecule has 0 amide bonds. The van der Waals surface area contributed by atoms with Crippen molar-refractivity contribution in [1.82, 2.24) is 0 Å². The van der Waals surface area contributed by atoms with Gasteiger partial charge in [0.05, 0.1) is 5.69 Å². The largest absolute Gasteiger partial charge is 0.502 e. The minimum Gasteiger partial charge on any atom is -0.502 e. The molecule has 0 saturated heterocycles. The van der Waals surface area contributed by atoms with Crippen LogP contribution in [0.4, 0.5) is 18.9 Å². The normalized spacial score (nSPS) is 11.7. The van der Waals surface area contributed by atoms with Crippen molar-refractivity contribution in [3.63, 3.8) is 0 Å². The van der Waals surface area contributed by atoms with E-state index in [9.17, 15) is 18.3 Å². The molecule has 3 rings (SSSR count). The number of hydrogen-bond acceptors (Lipinski definition) is 2. The van der Waals surface area contributed by atoms with Gasteiger partial charge < -0.3 is 10.4 Å². The predicted octanol–water partition coefficient (Wildman–Crippen LogP) is 4.71. The van der Waals surface area contributed by atoms with Crippen molar-refractivity contribution >= 4 is 34.3 Å². The number of anilines is 1. The molecule has 1 heterocycles. The van der Waals surface area contributed by atoms with Crippen molar-refractivity contribution in [2.24, 2.45) is 0 Å².